The smallest absolute Gasteiger partial charge is 0.268 e. The maximum Gasteiger partial charge on any atom is 0.268 e. The Bertz CT molecular complexity index is 517. The molecule has 2 fully saturated rings. The van der Waals surface area contributed by atoms with Crippen molar-refractivity contribution >= 4 is 17.6 Å². The van der Waals surface area contributed by atoms with Crippen molar-refractivity contribution in [3.63, 3.8) is 0 Å². The number of hydrogen-bond donors (Lipinski definition) is 1. The molecule has 1 aliphatic carbocycles. The molecule has 1 N–H and O–H groups in total. The van der Waals surface area contributed by atoms with Gasteiger partial charge in [-0.25, -0.2) is 0 Å². The summed E-state index contributed by atoms with van der Waals surface area (Å²) in [7, 11) is 0. The summed E-state index contributed by atoms with van der Waals surface area (Å²) >= 11 is 0. The molecule has 1 saturated carbocycles. The van der Waals surface area contributed by atoms with Gasteiger partial charge >= 0.3 is 0 Å². The van der Waals surface area contributed by atoms with E-state index >= 15 is 0 Å². The van der Waals surface area contributed by atoms with Crippen LogP contribution in [0.2, 0.25) is 0 Å². The highest BCUT2D eigenvalue weighted by molar-refractivity contribution is 6.29. The molecule has 1 saturated heterocycles. The van der Waals surface area contributed by atoms with Crippen molar-refractivity contribution < 1.29 is 19.5 Å². The van der Waals surface area contributed by atoms with Crippen LogP contribution < -0.4 is 0 Å². The lowest BCUT2D eigenvalue weighted by Gasteiger charge is -2.21. The predicted octanol–water partition coefficient (Wildman–Crippen LogP) is 3.68. The van der Waals surface area contributed by atoms with Gasteiger partial charge in [0.25, 0.3) is 5.91 Å². The quantitative estimate of drug-likeness (QED) is 0.333. The zero-order chi connectivity index (χ0) is 17.5. The topological polar surface area (TPSA) is 74.7 Å². The van der Waals surface area contributed by atoms with Gasteiger partial charge in [0, 0.05) is 12.8 Å². The second-order valence-electron chi connectivity index (χ2n) is 7.03. The molecule has 2 aliphatic rings. The van der Waals surface area contributed by atoms with Crippen LogP contribution in [0.3, 0.4) is 0 Å². The number of imide groups is 1. The Kier molecular flexibility index (Phi) is 7.00. The van der Waals surface area contributed by atoms with Crippen LogP contribution in [-0.4, -0.2) is 34.1 Å². The van der Waals surface area contributed by atoms with Crippen LogP contribution in [0, 0.1) is 5.92 Å². The monoisotopic (exact) mass is 335 g/mol. The van der Waals surface area contributed by atoms with Gasteiger partial charge in [0.15, 0.2) is 5.78 Å². The van der Waals surface area contributed by atoms with E-state index in [4.69, 9.17) is 0 Å². The molecule has 24 heavy (non-hydrogen) atoms. The highest BCUT2D eigenvalue weighted by Gasteiger charge is 2.39. The van der Waals surface area contributed by atoms with E-state index in [1.54, 1.807) is 0 Å². The first kappa shape index (κ1) is 18.7. The van der Waals surface area contributed by atoms with E-state index in [2.05, 4.69) is 0 Å². The summed E-state index contributed by atoms with van der Waals surface area (Å²) in [6.07, 6.45) is 10.8. The fraction of sp³-hybridized carbons (Fsp3) is 0.737. The minimum atomic E-state index is -0.622. The Balaban J connectivity index is 1.84. The fourth-order valence-corrected chi connectivity index (χ4v) is 3.71. The van der Waals surface area contributed by atoms with Crippen molar-refractivity contribution in [1.29, 1.82) is 0 Å². The van der Waals surface area contributed by atoms with E-state index in [9.17, 15) is 19.5 Å². The molecular weight excluding hydrogens is 306 g/mol. The molecule has 0 atom stereocenters. The van der Waals surface area contributed by atoms with E-state index in [0.717, 1.165) is 30.1 Å². The van der Waals surface area contributed by atoms with Crippen molar-refractivity contribution in [3.05, 3.63) is 11.3 Å². The number of rotatable bonds is 7. The lowest BCUT2D eigenvalue weighted by Crippen LogP contribution is -2.32. The largest absolute Gasteiger partial charge is 0.511 e. The summed E-state index contributed by atoms with van der Waals surface area (Å²) in [5.41, 5.74) is -0.169. The minimum Gasteiger partial charge on any atom is -0.511 e. The lowest BCUT2D eigenvalue weighted by atomic mass is 9.85. The van der Waals surface area contributed by atoms with Crippen molar-refractivity contribution in [2.45, 2.75) is 77.6 Å². The first-order chi connectivity index (χ1) is 11.5. The molecule has 1 aliphatic heterocycles. The van der Waals surface area contributed by atoms with Crippen LogP contribution in [0.4, 0.5) is 0 Å². The Labute approximate surface area is 144 Å². The van der Waals surface area contributed by atoms with Gasteiger partial charge in [0.05, 0.1) is 6.54 Å². The molecule has 0 radical (unpaired) electrons. The maximum absolute atomic E-state index is 12.2. The number of ketones is 1. The average Bonchev–Trinajstić information content (AvgIpc) is 2.87. The molecule has 0 spiro atoms. The maximum atomic E-state index is 12.2. The highest BCUT2D eigenvalue weighted by Crippen LogP contribution is 2.28. The van der Waals surface area contributed by atoms with Crippen LogP contribution in [0.5, 0.6) is 0 Å². The number of hydrogen-bond acceptors (Lipinski definition) is 4. The minimum absolute atomic E-state index is 0.138. The molecule has 5 nitrogen and oxygen atoms in total. The van der Waals surface area contributed by atoms with E-state index in [-0.39, 0.29) is 30.2 Å². The van der Waals surface area contributed by atoms with Crippen LogP contribution in [-0.2, 0) is 14.4 Å². The Morgan fingerprint density at radius 3 is 2.50 bits per heavy atom. The van der Waals surface area contributed by atoms with Crippen molar-refractivity contribution in [2.24, 2.45) is 5.92 Å². The molecule has 5 heteroatoms. The SMILES string of the molecule is CCCC(=O)N1CC(=O)/C(=C(/O)CCCCC2CCCCC2)C1=O. The van der Waals surface area contributed by atoms with Gasteiger partial charge in [-0.2, -0.15) is 0 Å². The Hall–Kier alpha value is -1.65. The van der Waals surface area contributed by atoms with E-state index in [0.29, 0.717) is 12.8 Å². The zero-order valence-electron chi connectivity index (χ0n) is 14.7. The molecule has 0 aromatic rings. The number of Topliss-reactive ketones (excluding diaryl/α,β-unsaturated/α-hetero) is 1. The second-order valence-corrected chi connectivity index (χ2v) is 7.03. The first-order valence-electron chi connectivity index (χ1n) is 9.34. The van der Waals surface area contributed by atoms with E-state index < -0.39 is 11.7 Å². The van der Waals surface area contributed by atoms with Gasteiger partial charge in [0.2, 0.25) is 5.91 Å². The van der Waals surface area contributed by atoms with E-state index in [1.807, 2.05) is 6.92 Å². The lowest BCUT2D eigenvalue weighted by molar-refractivity contribution is -0.141. The molecule has 0 aromatic carbocycles. The summed E-state index contributed by atoms with van der Waals surface area (Å²) in [4.78, 5) is 37.0. The van der Waals surface area contributed by atoms with Crippen molar-refractivity contribution in [3.8, 4) is 0 Å². The van der Waals surface area contributed by atoms with Gasteiger partial charge in [-0.3, -0.25) is 19.3 Å². The first-order valence-corrected chi connectivity index (χ1v) is 9.34. The molecule has 134 valence electrons. The highest BCUT2D eigenvalue weighted by atomic mass is 16.3. The van der Waals surface area contributed by atoms with Crippen LogP contribution >= 0.6 is 0 Å². The molecule has 1 heterocycles. The number of likely N-dealkylation sites (tertiary alicyclic amines) is 1. The van der Waals surface area contributed by atoms with E-state index in [1.165, 1.54) is 32.1 Å². The summed E-state index contributed by atoms with van der Waals surface area (Å²) < 4.78 is 0. The molecule has 2 amide bonds. The van der Waals surface area contributed by atoms with Crippen LogP contribution in [0.15, 0.2) is 11.3 Å². The van der Waals surface area contributed by atoms with Gasteiger partial charge in [-0.05, 0) is 18.8 Å². The predicted molar refractivity (Wildman–Crippen MR) is 91.3 cm³/mol. The van der Waals surface area contributed by atoms with Gasteiger partial charge in [-0.1, -0.05) is 51.9 Å². The number of unbranched alkanes of at least 4 members (excludes halogenated alkanes) is 1. The average molecular weight is 335 g/mol. The number of carbonyl (C=O) groups excluding carboxylic acids is 3. The second kappa shape index (κ2) is 9.00. The van der Waals surface area contributed by atoms with Crippen LogP contribution in [0.25, 0.3) is 0 Å². The fourth-order valence-electron chi connectivity index (χ4n) is 3.71. The number of carbonyl (C=O) groups is 3. The third kappa shape index (κ3) is 4.68. The Morgan fingerprint density at radius 2 is 1.83 bits per heavy atom. The van der Waals surface area contributed by atoms with Gasteiger partial charge in [0.1, 0.15) is 11.3 Å². The summed E-state index contributed by atoms with van der Waals surface area (Å²) in [5, 5.41) is 10.2. The number of aliphatic hydroxyl groups excluding tert-OH is 1. The van der Waals surface area contributed by atoms with Crippen molar-refractivity contribution in [1.82, 2.24) is 4.90 Å². The normalized spacial score (nSPS) is 21.5. The standard InChI is InChI=1S/C19H29NO4/c1-2-8-17(23)20-13-16(22)18(19(20)24)15(21)12-7-6-11-14-9-4-3-5-10-14/h14,21H,2-13H2,1H3/b18-15-. The molecule has 0 aromatic heterocycles. The third-order valence-corrected chi connectivity index (χ3v) is 5.09. The molecule has 2 rings (SSSR count). The van der Waals surface area contributed by atoms with Crippen LogP contribution in [0.1, 0.15) is 77.6 Å². The number of amides is 2. The third-order valence-electron chi connectivity index (χ3n) is 5.09. The summed E-state index contributed by atoms with van der Waals surface area (Å²) in [6, 6.07) is 0. The number of allylic oxidation sites excluding steroid dienone is 1. The Morgan fingerprint density at radius 1 is 1.12 bits per heavy atom. The van der Waals surface area contributed by atoms with Gasteiger partial charge < -0.3 is 5.11 Å². The molecular formula is C19H29NO4. The molecule has 0 bridgehead atoms. The number of nitrogens with zero attached hydrogens (tertiary/aromatic N) is 1. The summed E-state index contributed by atoms with van der Waals surface area (Å²) in [6.45, 7) is 1.62. The van der Waals surface area contributed by atoms with Crippen molar-refractivity contribution in [2.75, 3.05) is 6.54 Å². The summed E-state index contributed by atoms with van der Waals surface area (Å²) in [5.74, 6) is -0.737. The molecule has 0 unspecified atom stereocenters. The van der Waals surface area contributed by atoms with Gasteiger partial charge in [-0.15, -0.1) is 0 Å². The zero-order valence-corrected chi connectivity index (χ0v) is 14.7. The number of aliphatic hydroxyl groups is 1.